The van der Waals surface area contributed by atoms with Crippen molar-refractivity contribution in [1.29, 1.82) is 0 Å². The van der Waals surface area contributed by atoms with Gasteiger partial charge in [0.1, 0.15) is 0 Å². The number of sulfonamides is 1. The zero-order chi connectivity index (χ0) is 19.2. The fourth-order valence-electron chi connectivity index (χ4n) is 3.27. The maximum atomic E-state index is 12.5. The molecule has 1 aliphatic rings. The molecule has 26 heavy (non-hydrogen) atoms. The number of likely N-dealkylation sites (N-methyl/N-ethyl adjacent to an activating group) is 1. The van der Waals surface area contributed by atoms with E-state index >= 15 is 0 Å². The molecule has 1 aliphatic carbocycles. The quantitative estimate of drug-likeness (QED) is 0.731. The molecular weight excluding hydrogens is 356 g/mol. The van der Waals surface area contributed by atoms with Gasteiger partial charge in [0.2, 0.25) is 10.0 Å². The van der Waals surface area contributed by atoms with Gasteiger partial charge in [-0.25, -0.2) is 13.2 Å². The van der Waals surface area contributed by atoms with Crippen LogP contribution in [0, 0.1) is 0 Å². The molecule has 2 rings (SSSR count). The zero-order valence-corrected chi connectivity index (χ0v) is 16.0. The van der Waals surface area contributed by atoms with E-state index in [0.29, 0.717) is 6.54 Å². The molecule has 1 N–H and O–H groups in total. The number of benzene rings is 1. The molecule has 0 heterocycles. The Morgan fingerprint density at radius 3 is 2.46 bits per heavy atom. The molecule has 0 unspecified atom stereocenters. The van der Waals surface area contributed by atoms with Crippen LogP contribution in [0.1, 0.15) is 49.4 Å². The number of nitrogens with zero attached hydrogens (tertiary/aromatic N) is 1. The molecule has 144 valence electrons. The van der Waals surface area contributed by atoms with E-state index in [1.54, 1.807) is 17.0 Å². The van der Waals surface area contributed by atoms with Crippen LogP contribution in [0.25, 0.3) is 0 Å². The summed E-state index contributed by atoms with van der Waals surface area (Å²) in [5.41, 5.74) is 0.207. The summed E-state index contributed by atoms with van der Waals surface area (Å²) in [6, 6.07) is 6.35. The first-order chi connectivity index (χ1) is 12.3. The van der Waals surface area contributed by atoms with Gasteiger partial charge in [0.15, 0.2) is 6.61 Å². The Kier molecular flexibility index (Phi) is 7.02. The molecule has 0 aromatic heterocycles. The Balaban J connectivity index is 2.00. The number of carbonyl (C=O) groups excluding carboxylic acids is 2. The van der Waals surface area contributed by atoms with Crippen molar-refractivity contribution in [3.8, 4) is 0 Å². The minimum Gasteiger partial charge on any atom is -0.452 e. The molecule has 0 atom stereocenters. The number of carbonyl (C=O) groups is 2. The lowest BCUT2D eigenvalue weighted by Gasteiger charge is -2.33. The van der Waals surface area contributed by atoms with Crippen molar-refractivity contribution in [2.45, 2.75) is 45.1 Å². The van der Waals surface area contributed by atoms with Crippen LogP contribution < -0.4 is 4.72 Å². The first-order valence-corrected chi connectivity index (χ1v) is 10.7. The van der Waals surface area contributed by atoms with Crippen molar-refractivity contribution in [3.05, 3.63) is 29.8 Å². The SMILES string of the molecule is CCN(C(=O)COC(=O)c1ccccc1NS(C)(=O)=O)C1CCCCC1. The Morgan fingerprint density at radius 2 is 1.85 bits per heavy atom. The summed E-state index contributed by atoms with van der Waals surface area (Å²) in [5, 5.41) is 0. The molecular formula is C18H26N2O5S. The van der Waals surface area contributed by atoms with Crippen molar-refractivity contribution >= 4 is 27.6 Å². The predicted octanol–water partition coefficient (Wildman–Crippen LogP) is 2.40. The highest BCUT2D eigenvalue weighted by Crippen LogP contribution is 2.23. The largest absolute Gasteiger partial charge is 0.452 e. The minimum atomic E-state index is -3.53. The third kappa shape index (κ3) is 5.72. The smallest absolute Gasteiger partial charge is 0.340 e. The van der Waals surface area contributed by atoms with E-state index in [1.807, 2.05) is 6.92 Å². The van der Waals surface area contributed by atoms with E-state index in [2.05, 4.69) is 4.72 Å². The van der Waals surface area contributed by atoms with Gasteiger partial charge < -0.3 is 9.64 Å². The molecule has 0 spiro atoms. The summed E-state index contributed by atoms with van der Waals surface area (Å²) in [6.07, 6.45) is 6.38. The second-order valence-corrected chi connectivity index (χ2v) is 8.22. The van der Waals surface area contributed by atoms with Crippen molar-refractivity contribution in [2.24, 2.45) is 0 Å². The summed E-state index contributed by atoms with van der Waals surface area (Å²) >= 11 is 0. The molecule has 0 aliphatic heterocycles. The highest BCUT2D eigenvalue weighted by Gasteiger charge is 2.25. The third-order valence-corrected chi connectivity index (χ3v) is 5.04. The number of hydrogen-bond donors (Lipinski definition) is 1. The number of ether oxygens (including phenoxy) is 1. The Morgan fingerprint density at radius 1 is 1.19 bits per heavy atom. The van der Waals surface area contributed by atoms with Crippen LogP contribution in [0.4, 0.5) is 5.69 Å². The van der Waals surface area contributed by atoms with Crippen LogP contribution in [0.15, 0.2) is 24.3 Å². The van der Waals surface area contributed by atoms with Crippen LogP contribution in [0.5, 0.6) is 0 Å². The van der Waals surface area contributed by atoms with Crippen molar-refractivity contribution in [2.75, 3.05) is 24.1 Å². The van der Waals surface area contributed by atoms with Crippen LogP contribution >= 0.6 is 0 Å². The Bertz CT molecular complexity index is 742. The Labute approximate surface area is 154 Å². The number of rotatable bonds is 7. The summed E-state index contributed by atoms with van der Waals surface area (Å²) < 4.78 is 30.3. The molecule has 0 bridgehead atoms. The topological polar surface area (TPSA) is 92.8 Å². The van der Waals surface area contributed by atoms with E-state index in [4.69, 9.17) is 4.74 Å². The molecule has 7 nitrogen and oxygen atoms in total. The van der Waals surface area contributed by atoms with Gasteiger partial charge in [-0.15, -0.1) is 0 Å². The Hall–Kier alpha value is -2.09. The van der Waals surface area contributed by atoms with Crippen molar-refractivity contribution < 1.29 is 22.7 Å². The average Bonchev–Trinajstić information content (AvgIpc) is 2.60. The number of anilines is 1. The van der Waals surface area contributed by atoms with Crippen LogP contribution in [-0.4, -0.2) is 50.6 Å². The predicted molar refractivity (Wildman–Crippen MR) is 99.5 cm³/mol. The second-order valence-electron chi connectivity index (χ2n) is 6.47. The van der Waals surface area contributed by atoms with Crippen LogP contribution in [0.2, 0.25) is 0 Å². The van der Waals surface area contributed by atoms with Gasteiger partial charge in [-0.1, -0.05) is 31.4 Å². The normalized spacial score (nSPS) is 15.3. The lowest BCUT2D eigenvalue weighted by molar-refractivity contribution is -0.137. The maximum Gasteiger partial charge on any atom is 0.340 e. The summed E-state index contributed by atoms with van der Waals surface area (Å²) in [6.45, 7) is 2.14. The van der Waals surface area contributed by atoms with Crippen LogP contribution in [-0.2, 0) is 19.6 Å². The highest BCUT2D eigenvalue weighted by atomic mass is 32.2. The van der Waals surface area contributed by atoms with Crippen LogP contribution in [0.3, 0.4) is 0 Å². The minimum absolute atomic E-state index is 0.0754. The molecule has 1 aromatic carbocycles. The maximum absolute atomic E-state index is 12.5. The molecule has 0 saturated heterocycles. The zero-order valence-electron chi connectivity index (χ0n) is 15.2. The lowest BCUT2D eigenvalue weighted by atomic mass is 9.94. The number of esters is 1. The first-order valence-electron chi connectivity index (χ1n) is 8.85. The summed E-state index contributed by atoms with van der Waals surface area (Å²) in [5.74, 6) is -0.953. The van der Waals surface area contributed by atoms with Gasteiger partial charge in [0.25, 0.3) is 5.91 Å². The fourth-order valence-corrected chi connectivity index (χ4v) is 3.85. The highest BCUT2D eigenvalue weighted by molar-refractivity contribution is 7.92. The second kappa shape index (κ2) is 9.02. The monoisotopic (exact) mass is 382 g/mol. The average molecular weight is 382 g/mol. The lowest BCUT2D eigenvalue weighted by Crippen LogP contribution is -2.43. The third-order valence-electron chi connectivity index (χ3n) is 4.45. The molecule has 8 heteroatoms. The number of para-hydroxylation sites is 1. The van der Waals surface area contributed by atoms with Gasteiger partial charge in [-0.3, -0.25) is 9.52 Å². The summed E-state index contributed by atoms with van der Waals surface area (Å²) in [4.78, 5) is 26.5. The van der Waals surface area contributed by atoms with Gasteiger partial charge in [-0.05, 0) is 31.9 Å². The number of nitrogens with one attached hydrogen (secondary N) is 1. The molecule has 1 fully saturated rings. The van der Waals surface area contributed by atoms with E-state index in [1.165, 1.54) is 18.6 Å². The molecule has 0 radical (unpaired) electrons. The first kappa shape index (κ1) is 20.2. The van der Waals surface area contributed by atoms with E-state index < -0.39 is 16.0 Å². The molecule has 1 saturated carbocycles. The van der Waals surface area contributed by atoms with E-state index in [-0.39, 0.29) is 29.8 Å². The molecule has 1 aromatic rings. The number of hydrogen-bond acceptors (Lipinski definition) is 5. The van der Waals surface area contributed by atoms with Crippen molar-refractivity contribution in [1.82, 2.24) is 4.90 Å². The van der Waals surface area contributed by atoms with Crippen molar-refractivity contribution in [3.63, 3.8) is 0 Å². The van der Waals surface area contributed by atoms with Gasteiger partial charge >= 0.3 is 5.97 Å². The van der Waals surface area contributed by atoms with Gasteiger partial charge in [0.05, 0.1) is 17.5 Å². The van der Waals surface area contributed by atoms with E-state index in [9.17, 15) is 18.0 Å². The van der Waals surface area contributed by atoms with E-state index in [0.717, 1.165) is 31.9 Å². The fraction of sp³-hybridized carbons (Fsp3) is 0.556. The standard InChI is InChI=1S/C18H26N2O5S/c1-3-20(14-9-5-4-6-10-14)17(21)13-25-18(22)15-11-7-8-12-16(15)19-26(2,23)24/h7-8,11-12,14,19H,3-6,9-10,13H2,1-2H3. The van der Waals surface area contributed by atoms with Gasteiger partial charge in [0, 0.05) is 12.6 Å². The number of amides is 1. The summed E-state index contributed by atoms with van der Waals surface area (Å²) in [7, 11) is -3.53. The van der Waals surface area contributed by atoms with Gasteiger partial charge in [-0.2, -0.15) is 0 Å². The molecule has 1 amide bonds.